The molecule has 2 aliphatic rings. The summed E-state index contributed by atoms with van der Waals surface area (Å²) in [7, 11) is 0. The lowest BCUT2D eigenvalue weighted by Crippen LogP contribution is -2.44. The van der Waals surface area contributed by atoms with E-state index in [0.29, 0.717) is 50.3 Å². The number of ether oxygens (including phenoxy) is 2. The van der Waals surface area contributed by atoms with Crippen LogP contribution in [0.5, 0.6) is 5.75 Å². The van der Waals surface area contributed by atoms with Gasteiger partial charge in [-0.3, -0.25) is 9.59 Å². The Hall–Kier alpha value is -2.12. The summed E-state index contributed by atoms with van der Waals surface area (Å²) in [4.78, 5) is 26.7. The van der Waals surface area contributed by atoms with E-state index >= 15 is 0 Å². The summed E-state index contributed by atoms with van der Waals surface area (Å²) in [5.74, 6) is 0.0576. The molecule has 2 heterocycles. The van der Waals surface area contributed by atoms with E-state index in [1.54, 1.807) is 23.1 Å². The number of hydrogen-bond donors (Lipinski definition) is 2. The fourth-order valence-corrected chi connectivity index (χ4v) is 3.86. The Kier molecular flexibility index (Phi) is 6.57. The molecule has 0 bridgehead atoms. The number of anilines is 1. The minimum absolute atomic E-state index is 0.120. The Bertz CT molecular complexity index is 701. The highest BCUT2D eigenvalue weighted by Gasteiger charge is 2.47. The largest absolute Gasteiger partial charge is 0.494 e. The van der Waals surface area contributed by atoms with Crippen LogP contribution in [-0.2, 0) is 14.3 Å². The summed E-state index contributed by atoms with van der Waals surface area (Å²) in [5.41, 5.74) is 6.73. The molecule has 1 unspecified atom stereocenters. The van der Waals surface area contributed by atoms with Gasteiger partial charge < -0.3 is 25.4 Å². The highest BCUT2D eigenvalue weighted by molar-refractivity contribution is 6.39. The summed E-state index contributed by atoms with van der Waals surface area (Å²) in [5, 5.41) is 2.69. The predicted octanol–water partition coefficient (Wildman–Crippen LogP) is 2.02. The average Bonchev–Trinajstić information content (AvgIpc) is 2.97. The van der Waals surface area contributed by atoms with Crippen molar-refractivity contribution in [1.29, 1.82) is 0 Å². The number of rotatable bonds is 5. The van der Waals surface area contributed by atoms with Crippen LogP contribution in [0.15, 0.2) is 24.3 Å². The molecule has 3 rings (SSSR count). The van der Waals surface area contributed by atoms with Crippen LogP contribution < -0.4 is 15.8 Å². The fraction of sp³-hybridized carbons (Fsp3) is 0.619. The topological polar surface area (TPSA) is 93.9 Å². The van der Waals surface area contributed by atoms with Crippen molar-refractivity contribution in [2.45, 2.75) is 39.2 Å². The van der Waals surface area contributed by atoms with Gasteiger partial charge in [-0.2, -0.15) is 0 Å². The first-order valence-corrected chi connectivity index (χ1v) is 10.1. The van der Waals surface area contributed by atoms with Crippen LogP contribution in [0.25, 0.3) is 0 Å². The van der Waals surface area contributed by atoms with E-state index in [0.717, 1.165) is 19.3 Å². The number of nitrogens with one attached hydrogen (secondary N) is 1. The van der Waals surface area contributed by atoms with Crippen molar-refractivity contribution in [3.05, 3.63) is 24.3 Å². The standard InChI is InChI=1S/C21H31N3O4/c1-15(2)6-9-28-17-5-3-4-16(12-17)23-19(25)20(26)24-13-18(22)21(14-24)7-10-27-11-8-21/h3-5,12,15,18H,6-11,13-14,22H2,1-2H3,(H,23,25). The van der Waals surface area contributed by atoms with Gasteiger partial charge in [-0.1, -0.05) is 19.9 Å². The van der Waals surface area contributed by atoms with E-state index in [4.69, 9.17) is 15.2 Å². The van der Waals surface area contributed by atoms with Gasteiger partial charge in [0.05, 0.1) is 6.61 Å². The third-order valence-corrected chi connectivity index (χ3v) is 5.74. The lowest BCUT2D eigenvalue weighted by atomic mass is 9.76. The second-order valence-electron chi connectivity index (χ2n) is 8.28. The Morgan fingerprint density at radius 3 is 2.82 bits per heavy atom. The second-order valence-corrected chi connectivity index (χ2v) is 8.28. The molecule has 7 nitrogen and oxygen atoms in total. The zero-order valence-electron chi connectivity index (χ0n) is 16.8. The normalized spacial score (nSPS) is 21.1. The van der Waals surface area contributed by atoms with Gasteiger partial charge in [-0.15, -0.1) is 0 Å². The van der Waals surface area contributed by atoms with Crippen molar-refractivity contribution >= 4 is 17.5 Å². The molecule has 2 fully saturated rings. The molecule has 3 N–H and O–H groups in total. The molecule has 1 aromatic rings. The number of nitrogens with zero attached hydrogens (tertiary/aromatic N) is 1. The number of likely N-dealkylation sites (tertiary alicyclic amines) is 1. The maximum atomic E-state index is 12.6. The van der Waals surface area contributed by atoms with E-state index < -0.39 is 11.8 Å². The van der Waals surface area contributed by atoms with Crippen molar-refractivity contribution in [1.82, 2.24) is 4.90 Å². The van der Waals surface area contributed by atoms with E-state index in [2.05, 4.69) is 19.2 Å². The van der Waals surface area contributed by atoms with E-state index in [9.17, 15) is 9.59 Å². The van der Waals surface area contributed by atoms with Crippen LogP contribution in [0.4, 0.5) is 5.69 Å². The van der Waals surface area contributed by atoms with E-state index in [1.807, 2.05) is 6.07 Å². The van der Waals surface area contributed by atoms with Crippen molar-refractivity contribution in [2.24, 2.45) is 17.1 Å². The summed E-state index contributed by atoms with van der Waals surface area (Å²) in [6, 6.07) is 7.00. The Morgan fingerprint density at radius 1 is 1.36 bits per heavy atom. The van der Waals surface area contributed by atoms with Crippen molar-refractivity contribution < 1.29 is 19.1 Å². The molecule has 1 atom stereocenters. The summed E-state index contributed by atoms with van der Waals surface area (Å²) in [6.07, 6.45) is 2.61. The lowest BCUT2D eigenvalue weighted by molar-refractivity contribution is -0.142. The molecule has 28 heavy (non-hydrogen) atoms. The number of carbonyl (C=O) groups excluding carboxylic acids is 2. The molecule has 7 heteroatoms. The Balaban J connectivity index is 1.56. The van der Waals surface area contributed by atoms with Crippen LogP contribution in [0.2, 0.25) is 0 Å². The summed E-state index contributed by atoms with van der Waals surface area (Å²) >= 11 is 0. The van der Waals surface area contributed by atoms with Crippen LogP contribution >= 0.6 is 0 Å². The molecule has 0 saturated carbocycles. The number of amides is 2. The Morgan fingerprint density at radius 2 is 2.11 bits per heavy atom. The van der Waals surface area contributed by atoms with Gasteiger partial charge >= 0.3 is 11.8 Å². The zero-order chi connectivity index (χ0) is 20.1. The first-order valence-electron chi connectivity index (χ1n) is 10.1. The highest BCUT2D eigenvalue weighted by atomic mass is 16.5. The van der Waals surface area contributed by atoms with Gasteiger partial charge in [-0.25, -0.2) is 0 Å². The number of hydrogen-bond acceptors (Lipinski definition) is 5. The molecule has 2 saturated heterocycles. The number of nitrogens with two attached hydrogens (primary N) is 1. The van der Waals surface area contributed by atoms with Crippen molar-refractivity contribution in [3.63, 3.8) is 0 Å². The first-order chi connectivity index (χ1) is 13.4. The molecule has 0 aliphatic carbocycles. The molecule has 2 aliphatic heterocycles. The maximum Gasteiger partial charge on any atom is 0.313 e. The van der Waals surface area contributed by atoms with Crippen LogP contribution in [0.3, 0.4) is 0 Å². The van der Waals surface area contributed by atoms with Gasteiger partial charge in [0.2, 0.25) is 0 Å². The van der Waals surface area contributed by atoms with Crippen LogP contribution in [0.1, 0.15) is 33.1 Å². The second kappa shape index (κ2) is 8.92. The van der Waals surface area contributed by atoms with Gasteiger partial charge in [0.1, 0.15) is 5.75 Å². The van der Waals surface area contributed by atoms with Crippen LogP contribution in [0, 0.1) is 11.3 Å². The summed E-state index contributed by atoms with van der Waals surface area (Å²) < 4.78 is 11.1. The monoisotopic (exact) mass is 389 g/mol. The molecule has 1 spiro atoms. The molecular formula is C21H31N3O4. The number of benzene rings is 1. The minimum Gasteiger partial charge on any atom is -0.494 e. The van der Waals surface area contributed by atoms with Gasteiger partial charge in [0.15, 0.2) is 0 Å². The number of carbonyl (C=O) groups is 2. The van der Waals surface area contributed by atoms with Gasteiger partial charge in [-0.05, 0) is 37.3 Å². The molecule has 1 aromatic carbocycles. The molecule has 154 valence electrons. The summed E-state index contributed by atoms with van der Waals surface area (Å²) in [6.45, 7) is 7.13. The molecule has 0 radical (unpaired) electrons. The quantitative estimate of drug-likeness (QED) is 0.752. The molecular weight excluding hydrogens is 358 g/mol. The SMILES string of the molecule is CC(C)CCOc1cccc(NC(=O)C(=O)N2CC(N)C3(CCOCC3)C2)c1. The van der Waals surface area contributed by atoms with Crippen molar-refractivity contribution in [3.8, 4) is 5.75 Å². The van der Waals surface area contributed by atoms with Crippen LogP contribution in [-0.4, -0.2) is 55.7 Å². The fourth-order valence-electron chi connectivity index (χ4n) is 3.86. The van der Waals surface area contributed by atoms with E-state index in [-0.39, 0.29) is 11.5 Å². The van der Waals surface area contributed by atoms with Crippen molar-refractivity contribution in [2.75, 3.05) is 38.2 Å². The van der Waals surface area contributed by atoms with E-state index in [1.165, 1.54) is 0 Å². The average molecular weight is 389 g/mol. The molecule has 0 aromatic heterocycles. The Labute approximate surface area is 166 Å². The predicted molar refractivity (Wildman–Crippen MR) is 107 cm³/mol. The first kappa shape index (κ1) is 20.6. The van der Waals surface area contributed by atoms with Gasteiger partial charge in [0.25, 0.3) is 0 Å². The molecule has 2 amide bonds. The smallest absolute Gasteiger partial charge is 0.313 e. The highest BCUT2D eigenvalue weighted by Crippen LogP contribution is 2.39. The third-order valence-electron chi connectivity index (χ3n) is 5.74. The maximum absolute atomic E-state index is 12.6. The third kappa shape index (κ3) is 4.83. The van der Waals surface area contributed by atoms with Gasteiger partial charge in [0, 0.05) is 49.5 Å². The lowest BCUT2D eigenvalue weighted by Gasteiger charge is -2.36. The minimum atomic E-state index is -0.643. The zero-order valence-corrected chi connectivity index (χ0v) is 16.8.